The average Bonchev–Trinajstić information content (AvgIpc) is 3.16. The lowest BCUT2D eigenvalue weighted by atomic mass is 10.1. The number of rotatable bonds is 6. The van der Waals surface area contributed by atoms with Crippen LogP contribution >= 0.6 is 0 Å². The summed E-state index contributed by atoms with van der Waals surface area (Å²) in [5.74, 6) is 1.47. The molecular formula is C19H25N5O3. The van der Waals surface area contributed by atoms with Crippen LogP contribution in [0.3, 0.4) is 0 Å². The second-order valence-corrected chi connectivity index (χ2v) is 6.80. The van der Waals surface area contributed by atoms with Gasteiger partial charge in [-0.25, -0.2) is 4.98 Å². The van der Waals surface area contributed by atoms with Crippen molar-refractivity contribution in [1.82, 2.24) is 20.2 Å². The van der Waals surface area contributed by atoms with Gasteiger partial charge < -0.3 is 24.8 Å². The number of fused-ring (bicyclic) bond motifs is 1. The Hall–Kier alpha value is -3.03. The van der Waals surface area contributed by atoms with E-state index in [4.69, 9.17) is 4.74 Å². The molecule has 1 aromatic carbocycles. The molecule has 1 atom stereocenters. The van der Waals surface area contributed by atoms with Crippen molar-refractivity contribution in [3.8, 4) is 5.75 Å². The van der Waals surface area contributed by atoms with Crippen LogP contribution in [0.15, 0.2) is 30.6 Å². The number of carbonyl (C=O) groups is 2. The molecule has 2 N–H and O–H groups in total. The normalized spacial score (nSPS) is 15.7. The zero-order valence-electron chi connectivity index (χ0n) is 15.9. The molecule has 144 valence electrons. The van der Waals surface area contributed by atoms with Gasteiger partial charge in [-0.2, -0.15) is 0 Å². The van der Waals surface area contributed by atoms with Crippen molar-refractivity contribution in [1.29, 1.82) is 0 Å². The minimum absolute atomic E-state index is 0.0361. The molecule has 0 saturated carbocycles. The fourth-order valence-electron chi connectivity index (χ4n) is 3.04. The second-order valence-electron chi connectivity index (χ2n) is 6.80. The van der Waals surface area contributed by atoms with E-state index in [1.807, 2.05) is 24.1 Å². The van der Waals surface area contributed by atoms with E-state index in [9.17, 15) is 9.59 Å². The molecule has 1 unspecified atom stereocenters. The Morgan fingerprint density at radius 3 is 2.93 bits per heavy atom. The lowest BCUT2D eigenvalue weighted by Gasteiger charge is -2.35. The minimum Gasteiger partial charge on any atom is -0.489 e. The summed E-state index contributed by atoms with van der Waals surface area (Å²) in [4.78, 5) is 35.2. The standard InChI is InChI=1S/C19H25N5O3/c1-23(2)19(26)13-4-5-16-15(10-13)24(3)14(12-27-16)11-18(25)22-7-6-17-20-8-9-21-17/h4-5,8-10,14H,6-7,11-12H2,1-3H3,(H,20,21)(H,22,25). The molecule has 8 nitrogen and oxygen atoms in total. The van der Waals surface area contributed by atoms with Gasteiger partial charge in [0, 0.05) is 52.1 Å². The molecule has 2 heterocycles. The van der Waals surface area contributed by atoms with Crippen LogP contribution in [0, 0.1) is 0 Å². The third kappa shape index (κ3) is 4.39. The quantitative estimate of drug-likeness (QED) is 0.792. The molecule has 0 spiro atoms. The predicted octanol–water partition coefficient (Wildman–Crippen LogP) is 1.06. The summed E-state index contributed by atoms with van der Waals surface area (Å²) in [7, 11) is 5.36. The van der Waals surface area contributed by atoms with Crippen LogP contribution in [-0.4, -0.2) is 67.0 Å². The topological polar surface area (TPSA) is 90.6 Å². The predicted molar refractivity (Wildman–Crippen MR) is 102 cm³/mol. The van der Waals surface area contributed by atoms with E-state index < -0.39 is 0 Å². The molecule has 2 aromatic rings. The van der Waals surface area contributed by atoms with Gasteiger partial charge in [-0.1, -0.05) is 0 Å². The monoisotopic (exact) mass is 371 g/mol. The summed E-state index contributed by atoms with van der Waals surface area (Å²) >= 11 is 0. The maximum absolute atomic E-state index is 12.3. The number of nitrogens with zero attached hydrogens (tertiary/aromatic N) is 3. The Morgan fingerprint density at radius 1 is 1.41 bits per heavy atom. The highest BCUT2D eigenvalue weighted by Gasteiger charge is 2.27. The molecule has 0 saturated heterocycles. The number of likely N-dealkylation sites (N-methyl/N-ethyl adjacent to an activating group) is 1. The Labute approximate surface area is 158 Å². The number of imidazole rings is 1. The van der Waals surface area contributed by atoms with Crippen LogP contribution in [-0.2, 0) is 11.2 Å². The van der Waals surface area contributed by atoms with E-state index in [-0.39, 0.29) is 17.9 Å². The van der Waals surface area contributed by atoms with Gasteiger partial charge in [0.25, 0.3) is 5.91 Å². The van der Waals surface area contributed by atoms with E-state index in [0.717, 1.165) is 17.3 Å². The smallest absolute Gasteiger partial charge is 0.253 e. The first kappa shape index (κ1) is 18.8. The molecule has 8 heteroatoms. The first-order valence-electron chi connectivity index (χ1n) is 8.92. The Kier molecular flexibility index (Phi) is 5.63. The highest BCUT2D eigenvalue weighted by molar-refractivity contribution is 5.95. The number of hydrogen-bond acceptors (Lipinski definition) is 5. The zero-order valence-corrected chi connectivity index (χ0v) is 15.9. The van der Waals surface area contributed by atoms with E-state index in [0.29, 0.717) is 31.6 Å². The number of nitrogens with one attached hydrogen (secondary N) is 2. The summed E-state index contributed by atoms with van der Waals surface area (Å²) in [6.45, 7) is 0.956. The maximum Gasteiger partial charge on any atom is 0.253 e. The number of carbonyl (C=O) groups excluding carboxylic acids is 2. The number of aromatic nitrogens is 2. The van der Waals surface area contributed by atoms with Crippen LogP contribution in [0.4, 0.5) is 5.69 Å². The molecule has 3 rings (SSSR count). The number of H-pyrrole nitrogens is 1. The van der Waals surface area contributed by atoms with E-state index in [1.54, 1.807) is 32.6 Å². The number of aromatic amines is 1. The molecule has 27 heavy (non-hydrogen) atoms. The summed E-state index contributed by atoms with van der Waals surface area (Å²) < 4.78 is 5.80. The maximum atomic E-state index is 12.3. The fourth-order valence-corrected chi connectivity index (χ4v) is 3.04. The van der Waals surface area contributed by atoms with Gasteiger partial charge in [0.15, 0.2) is 0 Å². The molecule has 1 aliphatic rings. The van der Waals surface area contributed by atoms with Gasteiger partial charge in [-0.3, -0.25) is 9.59 Å². The summed E-state index contributed by atoms with van der Waals surface area (Å²) in [6, 6.07) is 5.29. The van der Waals surface area contributed by atoms with Crippen LogP contribution in [0.1, 0.15) is 22.6 Å². The molecule has 2 amide bonds. The first-order chi connectivity index (χ1) is 13.0. The van der Waals surface area contributed by atoms with Crippen molar-refractivity contribution in [3.05, 3.63) is 42.0 Å². The highest BCUT2D eigenvalue weighted by Crippen LogP contribution is 2.34. The van der Waals surface area contributed by atoms with E-state index in [1.165, 1.54) is 4.90 Å². The minimum atomic E-state index is -0.0918. The number of hydrogen-bond donors (Lipinski definition) is 2. The number of benzene rings is 1. The largest absolute Gasteiger partial charge is 0.489 e. The van der Waals surface area contributed by atoms with Crippen molar-refractivity contribution in [2.24, 2.45) is 0 Å². The molecule has 0 aliphatic carbocycles. The number of amides is 2. The van der Waals surface area contributed by atoms with Crippen molar-refractivity contribution in [2.75, 3.05) is 39.2 Å². The van der Waals surface area contributed by atoms with Crippen LogP contribution in [0.25, 0.3) is 0 Å². The third-order valence-corrected chi connectivity index (χ3v) is 4.63. The van der Waals surface area contributed by atoms with E-state index >= 15 is 0 Å². The highest BCUT2D eigenvalue weighted by atomic mass is 16.5. The average molecular weight is 371 g/mol. The third-order valence-electron chi connectivity index (χ3n) is 4.63. The van der Waals surface area contributed by atoms with Gasteiger partial charge >= 0.3 is 0 Å². The summed E-state index contributed by atoms with van der Waals surface area (Å²) in [5, 5.41) is 2.92. The Morgan fingerprint density at radius 2 is 2.22 bits per heavy atom. The van der Waals surface area contributed by atoms with Crippen molar-refractivity contribution in [2.45, 2.75) is 18.9 Å². The molecular weight excluding hydrogens is 346 g/mol. The number of ether oxygens (including phenoxy) is 1. The van der Waals surface area contributed by atoms with Crippen LogP contribution in [0.5, 0.6) is 5.75 Å². The Bertz CT molecular complexity index is 804. The van der Waals surface area contributed by atoms with Crippen LogP contribution < -0.4 is 15.0 Å². The van der Waals surface area contributed by atoms with Gasteiger partial charge in [0.1, 0.15) is 18.2 Å². The van der Waals surface area contributed by atoms with Gasteiger partial charge in [-0.15, -0.1) is 0 Å². The number of anilines is 1. The molecule has 0 bridgehead atoms. The summed E-state index contributed by atoms with van der Waals surface area (Å²) in [5.41, 5.74) is 1.42. The van der Waals surface area contributed by atoms with Gasteiger partial charge in [0.2, 0.25) is 5.91 Å². The van der Waals surface area contributed by atoms with Gasteiger partial charge in [0.05, 0.1) is 18.2 Å². The van der Waals surface area contributed by atoms with Crippen molar-refractivity contribution < 1.29 is 14.3 Å². The Balaban J connectivity index is 1.60. The fraction of sp³-hybridized carbons (Fsp3) is 0.421. The van der Waals surface area contributed by atoms with Crippen molar-refractivity contribution >= 4 is 17.5 Å². The molecule has 1 aromatic heterocycles. The lowest BCUT2D eigenvalue weighted by molar-refractivity contribution is -0.121. The molecule has 0 radical (unpaired) electrons. The SMILES string of the molecule is CN(C)C(=O)c1ccc2c(c1)N(C)C(CC(=O)NCCc1ncc[nH]1)CO2. The molecule has 1 aliphatic heterocycles. The van der Waals surface area contributed by atoms with Crippen LogP contribution in [0.2, 0.25) is 0 Å². The van der Waals surface area contributed by atoms with E-state index in [2.05, 4.69) is 15.3 Å². The zero-order chi connectivity index (χ0) is 19.4. The second kappa shape index (κ2) is 8.11. The summed E-state index contributed by atoms with van der Waals surface area (Å²) in [6.07, 6.45) is 4.44. The van der Waals surface area contributed by atoms with Gasteiger partial charge in [-0.05, 0) is 18.2 Å². The first-order valence-corrected chi connectivity index (χ1v) is 8.92. The lowest BCUT2D eigenvalue weighted by Crippen LogP contribution is -2.44. The van der Waals surface area contributed by atoms with Crippen molar-refractivity contribution in [3.63, 3.8) is 0 Å². The molecule has 0 fully saturated rings.